The number of carbonyl (C=O) groups excluding carboxylic acids is 1. The van der Waals surface area contributed by atoms with E-state index >= 15 is 0 Å². The third-order valence-electron chi connectivity index (χ3n) is 8.10. The fourth-order valence-electron chi connectivity index (χ4n) is 5.27. The van der Waals surface area contributed by atoms with Crippen molar-refractivity contribution in [3.63, 3.8) is 0 Å². The molecule has 0 aliphatic carbocycles. The number of esters is 1. The van der Waals surface area contributed by atoms with Gasteiger partial charge < -0.3 is 20.3 Å². The van der Waals surface area contributed by atoms with Gasteiger partial charge in [0.05, 0.1) is 18.8 Å². The lowest BCUT2D eigenvalue weighted by atomic mass is 9.87. The second kappa shape index (κ2) is 10.7. The molecule has 4 aromatic heterocycles. The molecule has 0 saturated carbocycles. The minimum Gasteiger partial charge on any atom is -0.467 e. The molecule has 1 atom stereocenters. The summed E-state index contributed by atoms with van der Waals surface area (Å²) in [4.78, 5) is 30.4. The molecule has 12 nitrogen and oxygen atoms in total. The summed E-state index contributed by atoms with van der Waals surface area (Å²) in [6.07, 6.45) is 10.5. The standard InChI is InChI=1S/C30H33FN10O2/c1-29(2,27(42)43-4)41-18-21(14-36-41)20-13-25-26(35-19-37-40(25)17-20)38-9-11-39(12-10-38)28-33-15-23(16-34-28)30(3,32)22-5-7-24(31)8-6-22/h5-8,13-19H,9-12,32H2,1-4H3. The van der Waals surface area contributed by atoms with Gasteiger partial charge >= 0.3 is 5.97 Å². The molecular formula is C30H33FN10O2. The molecule has 0 radical (unpaired) electrons. The average Bonchev–Trinajstić information content (AvgIpc) is 3.69. The molecule has 6 rings (SSSR count). The number of carbonyl (C=O) groups is 1. The minimum atomic E-state index is -0.937. The Morgan fingerprint density at radius 3 is 2.23 bits per heavy atom. The van der Waals surface area contributed by atoms with Crippen molar-refractivity contribution in [3.8, 4) is 11.1 Å². The number of nitrogens with zero attached hydrogens (tertiary/aromatic N) is 9. The van der Waals surface area contributed by atoms with Crippen LogP contribution in [0, 0.1) is 5.82 Å². The van der Waals surface area contributed by atoms with Crippen LogP contribution in [0.3, 0.4) is 0 Å². The summed E-state index contributed by atoms with van der Waals surface area (Å²) in [7, 11) is 1.37. The minimum absolute atomic E-state index is 0.306. The van der Waals surface area contributed by atoms with Crippen LogP contribution in [0.25, 0.3) is 16.6 Å². The quantitative estimate of drug-likeness (QED) is 0.285. The van der Waals surface area contributed by atoms with Crippen molar-refractivity contribution in [2.24, 2.45) is 5.73 Å². The van der Waals surface area contributed by atoms with Gasteiger partial charge in [-0.2, -0.15) is 10.2 Å². The molecule has 222 valence electrons. The van der Waals surface area contributed by atoms with E-state index < -0.39 is 11.1 Å². The van der Waals surface area contributed by atoms with Crippen LogP contribution in [0.2, 0.25) is 0 Å². The van der Waals surface area contributed by atoms with Gasteiger partial charge in [-0.05, 0) is 44.5 Å². The molecule has 5 heterocycles. The lowest BCUT2D eigenvalue weighted by Gasteiger charge is -2.35. The number of fused-ring (bicyclic) bond motifs is 1. The topological polar surface area (TPSA) is 133 Å². The van der Waals surface area contributed by atoms with Crippen molar-refractivity contribution in [1.82, 2.24) is 34.3 Å². The zero-order valence-electron chi connectivity index (χ0n) is 24.5. The Kier molecular flexibility index (Phi) is 7.04. The fraction of sp³-hybridized carbons (Fsp3) is 0.333. The Hall–Kier alpha value is -4.91. The molecule has 1 fully saturated rings. The van der Waals surface area contributed by atoms with E-state index in [0.717, 1.165) is 33.6 Å². The van der Waals surface area contributed by atoms with E-state index in [1.54, 1.807) is 60.1 Å². The monoisotopic (exact) mass is 584 g/mol. The molecule has 0 spiro atoms. The number of rotatable bonds is 7. The van der Waals surface area contributed by atoms with Gasteiger partial charge in [-0.15, -0.1) is 0 Å². The van der Waals surface area contributed by atoms with Crippen LogP contribution in [0.15, 0.2) is 67.6 Å². The summed E-state index contributed by atoms with van der Waals surface area (Å²) in [5.41, 5.74) is 8.95. The molecule has 13 heteroatoms. The predicted octanol–water partition coefficient (Wildman–Crippen LogP) is 2.98. The number of halogens is 1. The van der Waals surface area contributed by atoms with Crippen LogP contribution in [0.1, 0.15) is 31.9 Å². The molecule has 0 bridgehead atoms. The van der Waals surface area contributed by atoms with Crippen LogP contribution in [0.4, 0.5) is 16.2 Å². The SMILES string of the molecule is COC(=O)C(C)(C)n1cc(-c2cc3c(N4CCN(c5ncc(C(C)(N)c6ccc(F)cc6)cn5)CC4)ncnn3c2)cn1. The van der Waals surface area contributed by atoms with Crippen LogP contribution < -0.4 is 15.5 Å². The van der Waals surface area contributed by atoms with Crippen LogP contribution >= 0.6 is 0 Å². The van der Waals surface area contributed by atoms with Crippen molar-refractivity contribution in [2.45, 2.75) is 31.8 Å². The summed E-state index contributed by atoms with van der Waals surface area (Å²) in [5, 5.41) is 8.83. The van der Waals surface area contributed by atoms with E-state index in [2.05, 4.69) is 34.9 Å². The van der Waals surface area contributed by atoms with Crippen LogP contribution in [0.5, 0.6) is 0 Å². The number of nitrogens with two attached hydrogens (primary N) is 1. The molecule has 2 N–H and O–H groups in total. The van der Waals surface area contributed by atoms with E-state index in [1.165, 1.54) is 19.2 Å². The van der Waals surface area contributed by atoms with Crippen molar-refractivity contribution in [1.29, 1.82) is 0 Å². The van der Waals surface area contributed by atoms with Crippen LogP contribution in [-0.4, -0.2) is 73.6 Å². The highest BCUT2D eigenvalue weighted by Gasteiger charge is 2.32. The molecular weight excluding hydrogens is 551 g/mol. The maximum absolute atomic E-state index is 13.4. The van der Waals surface area contributed by atoms with Crippen molar-refractivity contribution < 1.29 is 13.9 Å². The molecule has 1 aliphatic rings. The molecule has 1 unspecified atom stereocenters. The first-order valence-electron chi connectivity index (χ1n) is 13.9. The average molecular weight is 585 g/mol. The number of anilines is 2. The molecule has 1 aliphatic heterocycles. The normalized spacial score (nSPS) is 15.5. The molecule has 5 aromatic rings. The second-order valence-electron chi connectivity index (χ2n) is 11.3. The van der Waals surface area contributed by atoms with Gasteiger partial charge in [-0.1, -0.05) is 12.1 Å². The van der Waals surface area contributed by atoms with Gasteiger partial charge in [0.2, 0.25) is 5.95 Å². The first-order valence-corrected chi connectivity index (χ1v) is 13.9. The molecule has 1 saturated heterocycles. The number of piperazine rings is 1. The van der Waals surface area contributed by atoms with Crippen LogP contribution in [-0.2, 0) is 20.6 Å². The van der Waals surface area contributed by atoms with Gasteiger partial charge in [-0.25, -0.2) is 28.7 Å². The van der Waals surface area contributed by atoms with Crippen molar-refractivity contribution in [2.75, 3.05) is 43.1 Å². The summed E-state index contributed by atoms with van der Waals surface area (Å²) < 4.78 is 21.7. The number of methoxy groups -OCH3 is 1. The zero-order chi connectivity index (χ0) is 30.4. The van der Waals surface area contributed by atoms with Gasteiger partial charge in [0, 0.05) is 67.7 Å². The first-order chi connectivity index (χ1) is 20.6. The lowest BCUT2D eigenvalue weighted by Crippen LogP contribution is -2.47. The first kappa shape index (κ1) is 28.2. The summed E-state index contributed by atoms with van der Waals surface area (Å²) in [6.45, 7) is 8.23. The van der Waals surface area contributed by atoms with Crippen molar-refractivity contribution >= 4 is 23.3 Å². The Labute approximate surface area is 247 Å². The predicted molar refractivity (Wildman–Crippen MR) is 159 cm³/mol. The number of benzene rings is 1. The van der Waals surface area contributed by atoms with E-state index in [0.29, 0.717) is 32.1 Å². The van der Waals surface area contributed by atoms with Gasteiger partial charge in [0.25, 0.3) is 0 Å². The second-order valence-corrected chi connectivity index (χ2v) is 11.3. The van der Waals surface area contributed by atoms with Gasteiger partial charge in [-0.3, -0.25) is 4.68 Å². The van der Waals surface area contributed by atoms with Crippen molar-refractivity contribution in [3.05, 3.63) is 84.6 Å². The Morgan fingerprint density at radius 1 is 0.884 bits per heavy atom. The van der Waals surface area contributed by atoms with E-state index in [-0.39, 0.29) is 11.8 Å². The van der Waals surface area contributed by atoms with E-state index in [9.17, 15) is 9.18 Å². The highest BCUT2D eigenvalue weighted by molar-refractivity contribution is 5.79. The molecule has 1 aromatic carbocycles. The number of hydrogen-bond acceptors (Lipinski definition) is 10. The third kappa shape index (κ3) is 5.16. The Bertz CT molecular complexity index is 1750. The highest BCUT2D eigenvalue weighted by atomic mass is 19.1. The number of aromatic nitrogens is 7. The van der Waals surface area contributed by atoms with Gasteiger partial charge in [0.1, 0.15) is 17.7 Å². The van der Waals surface area contributed by atoms with E-state index in [4.69, 9.17) is 10.5 Å². The zero-order valence-corrected chi connectivity index (χ0v) is 24.5. The fourth-order valence-corrected chi connectivity index (χ4v) is 5.27. The largest absolute Gasteiger partial charge is 0.467 e. The Morgan fingerprint density at radius 2 is 1.56 bits per heavy atom. The molecule has 43 heavy (non-hydrogen) atoms. The smallest absolute Gasteiger partial charge is 0.333 e. The maximum Gasteiger partial charge on any atom is 0.333 e. The summed E-state index contributed by atoms with van der Waals surface area (Å²) in [6, 6.07) is 8.19. The lowest BCUT2D eigenvalue weighted by molar-refractivity contribution is -0.150. The highest BCUT2D eigenvalue weighted by Crippen LogP contribution is 2.30. The third-order valence-corrected chi connectivity index (χ3v) is 8.10. The van der Waals surface area contributed by atoms with E-state index in [1.807, 2.05) is 25.4 Å². The number of ether oxygens (including phenoxy) is 1. The maximum atomic E-state index is 13.4. The summed E-state index contributed by atoms with van der Waals surface area (Å²) in [5.74, 6) is 0.778. The number of hydrogen-bond donors (Lipinski definition) is 1. The van der Waals surface area contributed by atoms with Gasteiger partial charge in [0.15, 0.2) is 11.4 Å². The molecule has 0 amide bonds. The summed E-state index contributed by atoms with van der Waals surface area (Å²) >= 11 is 0. The Balaban J connectivity index is 1.16.